The van der Waals surface area contributed by atoms with Gasteiger partial charge in [-0.15, -0.1) is 5.10 Å². The summed E-state index contributed by atoms with van der Waals surface area (Å²) in [6.45, 7) is 1.03. The van der Waals surface area contributed by atoms with Crippen molar-refractivity contribution in [2.24, 2.45) is 0 Å². The van der Waals surface area contributed by atoms with Crippen LogP contribution in [0.1, 0.15) is 11.1 Å². The number of ether oxygens (including phenoxy) is 2. The third-order valence-corrected chi connectivity index (χ3v) is 3.72. The molecule has 0 radical (unpaired) electrons. The quantitative estimate of drug-likeness (QED) is 0.841. The van der Waals surface area contributed by atoms with Crippen LogP contribution >= 0.6 is 0 Å². The molecule has 1 N–H and O–H groups in total. The van der Waals surface area contributed by atoms with Crippen LogP contribution in [-0.4, -0.2) is 52.0 Å². The van der Waals surface area contributed by atoms with Gasteiger partial charge in [-0.05, 0) is 34.9 Å². The lowest BCUT2D eigenvalue weighted by Gasteiger charge is -2.28. The first-order valence-electron chi connectivity index (χ1n) is 7.09. The zero-order valence-corrected chi connectivity index (χ0v) is 12.9. The molecule has 1 aromatic heterocycles. The number of hydrogen-bond donors (Lipinski definition) is 1. The van der Waals surface area contributed by atoms with Gasteiger partial charge in [0.1, 0.15) is 0 Å². The number of carboxylic acids is 1. The molecule has 0 spiro atoms. The molecule has 9 nitrogen and oxygen atoms in total. The summed E-state index contributed by atoms with van der Waals surface area (Å²) >= 11 is 0. The Bertz CT molecular complexity index is 730. The zero-order chi connectivity index (χ0) is 16.4. The van der Waals surface area contributed by atoms with Gasteiger partial charge >= 0.3 is 5.97 Å². The first kappa shape index (κ1) is 15.1. The van der Waals surface area contributed by atoms with Crippen LogP contribution < -0.4 is 14.4 Å². The first-order chi connectivity index (χ1) is 11.1. The molecule has 9 heteroatoms. The fraction of sp³-hybridized carbons (Fsp3) is 0.429. The van der Waals surface area contributed by atoms with E-state index in [0.29, 0.717) is 24.0 Å². The van der Waals surface area contributed by atoms with E-state index in [1.165, 1.54) is 5.56 Å². The maximum atomic E-state index is 10.7. The summed E-state index contributed by atoms with van der Waals surface area (Å²) in [5, 5.41) is 20.6. The van der Waals surface area contributed by atoms with Crippen molar-refractivity contribution in [2.75, 3.05) is 25.7 Å². The summed E-state index contributed by atoms with van der Waals surface area (Å²) < 4.78 is 10.7. The number of tetrazole rings is 1. The minimum atomic E-state index is -1.00. The minimum absolute atomic E-state index is 0.303. The highest BCUT2D eigenvalue weighted by atomic mass is 16.5. The van der Waals surface area contributed by atoms with Crippen LogP contribution in [0, 0.1) is 0 Å². The molecule has 0 aliphatic carbocycles. The minimum Gasteiger partial charge on any atom is -0.493 e. The van der Waals surface area contributed by atoms with Gasteiger partial charge in [-0.1, -0.05) is 5.10 Å². The van der Waals surface area contributed by atoms with E-state index in [1.54, 1.807) is 14.2 Å². The van der Waals surface area contributed by atoms with E-state index in [4.69, 9.17) is 14.6 Å². The number of nitrogens with zero attached hydrogens (tertiary/aromatic N) is 5. The Hall–Kier alpha value is -2.84. The van der Waals surface area contributed by atoms with Crippen molar-refractivity contribution in [3.8, 4) is 11.5 Å². The van der Waals surface area contributed by atoms with Crippen molar-refractivity contribution < 1.29 is 19.4 Å². The molecule has 3 rings (SSSR count). The number of benzene rings is 1. The van der Waals surface area contributed by atoms with Gasteiger partial charge in [0.05, 0.1) is 14.2 Å². The van der Waals surface area contributed by atoms with Gasteiger partial charge in [0.25, 0.3) is 5.95 Å². The van der Waals surface area contributed by atoms with E-state index in [0.717, 1.165) is 23.3 Å². The van der Waals surface area contributed by atoms with Crippen LogP contribution in [0.15, 0.2) is 12.1 Å². The molecule has 0 fully saturated rings. The Morgan fingerprint density at radius 3 is 2.61 bits per heavy atom. The fourth-order valence-corrected chi connectivity index (χ4v) is 2.60. The number of aromatic nitrogens is 4. The highest BCUT2D eigenvalue weighted by Gasteiger charge is 2.22. The number of carboxylic acid groups (broad SMARTS) is 1. The molecule has 0 unspecified atom stereocenters. The second-order valence-corrected chi connectivity index (χ2v) is 5.16. The average molecular weight is 319 g/mol. The average Bonchev–Trinajstić information content (AvgIpc) is 3.00. The van der Waals surface area contributed by atoms with E-state index in [2.05, 4.69) is 15.4 Å². The fourth-order valence-electron chi connectivity index (χ4n) is 2.60. The first-order valence-corrected chi connectivity index (χ1v) is 7.09. The summed E-state index contributed by atoms with van der Waals surface area (Å²) in [6.07, 6.45) is 0.809. The summed E-state index contributed by atoms with van der Waals surface area (Å²) in [5.74, 6) is 0.808. The standard InChI is InChI=1S/C14H17N5O4/c1-22-11-5-9-3-4-18(7-10(9)6-12(11)23-2)14-15-17-19(16-14)8-13(20)21/h5-6H,3-4,7-8H2,1-2H3,(H,20,21). The van der Waals surface area contributed by atoms with Gasteiger partial charge in [0, 0.05) is 13.1 Å². The number of fused-ring (bicyclic) bond motifs is 1. The second-order valence-electron chi connectivity index (χ2n) is 5.16. The molecular weight excluding hydrogens is 302 g/mol. The number of carbonyl (C=O) groups is 1. The molecular formula is C14H17N5O4. The van der Waals surface area contributed by atoms with Crippen LogP contribution in [0.5, 0.6) is 11.5 Å². The maximum Gasteiger partial charge on any atom is 0.327 e. The van der Waals surface area contributed by atoms with Crippen LogP contribution in [-0.2, 0) is 24.3 Å². The van der Waals surface area contributed by atoms with Gasteiger partial charge < -0.3 is 19.5 Å². The summed E-state index contributed by atoms with van der Waals surface area (Å²) in [5.41, 5.74) is 2.29. The van der Waals surface area contributed by atoms with Crippen molar-refractivity contribution in [1.29, 1.82) is 0 Å². The van der Waals surface area contributed by atoms with E-state index in [-0.39, 0.29) is 6.54 Å². The number of aliphatic carboxylic acids is 1. The normalized spacial score (nSPS) is 13.6. The third-order valence-electron chi connectivity index (χ3n) is 3.72. The molecule has 2 aromatic rings. The van der Waals surface area contributed by atoms with E-state index in [1.807, 2.05) is 17.0 Å². The Morgan fingerprint density at radius 2 is 1.96 bits per heavy atom. The zero-order valence-electron chi connectivity index (χ0n) is 12.9. The number of rotatable bonds is 5. The maximum absolute atomic E-state index is 10.7. The number of hydrogen-bond acceptors (Lipinski definition) is 7. The second kappa shape index (κ2) is 6.11. The van der Waals surface area contributed by atoms with Gasteiger partial charge in [0.2, 0.25) is 0 Å². The molecule has 1 aliphatic heterocycles. The SMILES string of the molecule is COc1cc2c(cc1OC)CN(c1nnn(CC(=O)O)n1)CC2. The smallest absolute Gasteiger partial charge is 0.327 e. The topological polar surface area (TPSA) is 103 Å². The lowest BCUT2D eigenvalue weighted by molar-refractivity contribution is -0.138. The molecule has 0 atom stereocenters. The molecule has 0 saturated carbocycles. The summed E-state index contributed by atoms with van der Waals surface area (Å²) in [7, 11) is 3.22. The predicted octanol–water partition coefficient (Wildman–Crippen LogP) is 0.338. The monoisotopic (exact) mass is 319 g/mol. The predicted molar refractivity (Wildman–Crippen MR) is 79.8 cm³/mol. The van der Waals surface area contributed by atoms with E-state index in [9.17, 15) is 4.79 Å². The van der Waals surface area contributed by atoms with E-state index >= 15 is 0 Å². The molecule has 0 bridgehead atoms. The highest BCUT2D eigenvalue weighted by molar-refractivity contribution is 5.66. The lowest BCUT2D eigenvalue weighted by atomic mass is 9.99. The Kier molecular flexibility index (Phi) is 4.00. The third kappa shape index (κ3) is 3.03. The summed E-state index contributed by atoms with van der Waals surface area (Å²) in [6, 6.07) is 3.93. The van der Waals surface area contributed by atoms with Crippen LogP contribution in [0.3, 0.4) is 0 Å². The van der Waals surface area contributed by atoms with Gasteiger partial charge in [0.15, 0.2) is 18.0 Å². The Labute approximate surface area is 132 Å². The van der Waals surface area contributed by atoms with Crippen LogP contribution in [0.4, 0.5) is 5.95 Å². The largest absolute Gasteiger partial charge is 0.493 e. The van der Waals surface area contributed by atoms with Crippen molar-refractivity contribution in [3.05, 3.63) is 23.3 Å². The number of methoxy groups -OCH3 is 2. The number of anilines is 1. The van der Waals surface area contributed by atoms with Gasteiger partial charge in [-0.3, -0.25) is 4.79 Å². The van der Waals surface area contributed by atoms with Crippen LogP contribution in [0.25, 0.3) is 0 Å². The van der Waals surface area contributed by atoms with E-state index < -0.39 is 5.97 Å². The van der Waals surface area contributed by atoms with Crippen molar-refractivity contribution in [3.63, 3.8) is 0 Å². The van der Waals surface area contributed by atoms with Crippen LogP contribution in [0.2, 0.25) is 0 Å². The highest BCUT2D eigenvalue weighted by Crippen LogP contribution is 2.33. The molecule has 0 amide bonds. The molecule has 0 saturated heterocycles. The van der Waals surface area contributed by atoms with Gasteiger partial charge in [-0.2, -0.15) is 4.80 Å². The summed E-state index contributed by atoms with van der Waals surface area (Å²) in [4.78, 5) is 13.7. The van der Waals surface area contributed by atoms with Crippen molar-refractivity contribution >= 4 is 11.9 Å². The Morgan fingerprint density at radius 1 is 1.26 bits per heavy atom. The van der Waals surface area contributed by atoms with Crippen molar-refractivity contribution in [2.45, 2.75) is 19.5 Å². The molecule has 2 heterocycles. The van der Waals surface area contributed by atoms with Crippen molar-refractivity contribution in [1.82, 2.24) is 20.2 Å². The molecule has 1 aromatic carbocycles. The molecule has 23 heavy (non-hydrogen) atoms. The van der Waals surface area contributed by atoms with Gasteiger partial charge in [-0.25, -0.2) is 0 Å². The molecule has 122 valence electrons. The lowest BCUT2D eigenvalue weighted by Crippen LogP contribution is -2.31. The molecule has 1 aliphatic rings. The Balaban J connectivity index is 1.82.